The van der Waals surface area contributed by atoms with Crippen molar-refractivity contribution in [2.75, 3.05) is 52.3 Å². The first kappa shape index (κ1) is 23.1. The summed E-state index contributed by atoms with van der Waals surface area (Å²) >= 11 is 0. The highest BCUT2D eigenvalue weighted by Gasteiger charge is 2.25. The third kappa shape index (κ3) is 6.14. The van der Waals surface area contributed by atoms with Crippen LogP contribution in [0, 0.1) is 0 Å². The fourth-order valence-electron chi connectivity index (χ4n) is 4.25. The summed E-state index contributed by atoms with van der Waals surface area (Å²) in [6.07, 6.45) is 6.57. The van der Waals surface area contributed by atoms with Gasteiger partial charge in [0.05, 0.1) is 12.8 Å². The highest BCUT2D eigenvalue weighted by molar-refractivity contribution is 14.0. The molecule has 0 radical (unpaired) electrons. The van der Waals surface area contributed by atoms with Gasteiger partial charge < -0.3 is 25.2 Å². The third-order valence-electron chi connectivity index (χ3n) is 5.88. The van der Waals surface area contributed by atoms with Crippen LogP contribution in [-0.4, -0.2) is 70.3 Å². The lowest BCUT2D eigenvalue weighted by Crippen LogP contribution is -2.47. The molecule has 1 aliphatic heterocycles. The van der Waals surface area contributed by atoms with Crippen LogP contribution >= 0.6 is 24.0 Å². The smallest absolute Gasteiger partial charge is 0.191 e. The van der Waals surface area contributed by atoms with Gasteiger partial charge in [0.25, 0.3) is 0 Å². The molecule has 1 heterocycles. The Morgan fingerprint density at radius 1 is 1.25 bits per heavy atom. The Kier molecular flexibility index (Phi) is 9.64. The van der Waals surface area contributed by atoms with Gasteiger partial charge in [-0.25, -0.2) is 0 Å². The molecule has 0 amide bonds. The van der Waals surface area contributed by atoms with Crippen LogP contribution in [0.3, 0.4) is 0 Å². The predicted octanol–water partition coefficient (Wildman–Crippen LogP) is 2.93. The molecule has 1 aliphatic carbocycles. The molecule has 1 aromatic rings. The molecule has 1 saturated carbocycles. The average molecular weight is 501 g/mol. The van der Waals surface area contributed by atoms with E-state index in [9.17, 15) is 0 Å². The SMILES string of the molecule is CN=C(NCCN(C)C1CCCC1)NC1CCN(c2ccccc2OC)C1.I. The summed E-state index contributed by atoms with van der Waals surface area (Å²) in [7, 11) is 5.83. The van der Waals surface area contributed by atoms with E-state index < -0.39 is 0 Å². The van der Waals surface area contributed by atoms with Crippen LogP contribution in [0.2, 0.25) is 0 Å². The minimum atomic E-state index is 0. The Morgan fingerprint density at radius 3 is 2.71 bits per heavy atom. The van der Waals surface area contributed by atoms with E-state index in [1.807, 2.05) is 19.2 Å². The Morgan fingerprint density at radius 2 is 2.00 bits per heavy atom. The van der Waals surface area contributed by atoms with Crippen LogP contribution in [0.15, 0.2) is 29.3 Å². The van der Waals surface area contributed by atoms with Crippen LogP contribution in [0.1, 0.15) is 32.1 Å². The first-order valence-corrected chi connectivity index (χ1v) is 10.3. The monoisotopic (exact) mass is 501 g/mol. The van der Waals surface area contributed by atoms with E-state index in [4.69, 9.17) is 4.74 Å². The number of aliphatic imine (C=N–C) groups is 1. The Balaban J connectivity index is 0.00000280. The number of hydrogen-bond donors (Lipinski definition) is 2. The summed E-state index contributed by atoms with van der Waals surface area (Å²) in [5.41, 5.74) is 1.17. The molecule has 7 heteroatoms. The second-order valence-corrected chi connectivity index (χ2v) is 7.67. The lowest BCUT2D eigenvalue weighted by Gasteiger charge is -2.25. The first-order valence-electron chi connectivity index (χ1n) is 10.3. The zero-order valence-corrected chi connectivity index (χ0v) is 19.8. The van der Waals surface area contributed by atoms with E-state index in [-0.39, 0.29) is 24.0 Å². The maximum absolute atomic E-state index is 5.51. The minimum absolute atomic E-state index is 0. The van der Waals surface area contributed by atoms with Gasteiger partial charge in [0, 0.05) is 45.3 Å². The second-order valence-electron chi connectivity index (χ2n) is 7.67. The molecule has 3 rings (SSSR count). The van der Waals surface area contributed by atoms with Crippen molar-refractivity contribution >= 4 is 35.6 Å². The molecular weight excluding hydrogens is 465 g/mol. The van der Waals surface area contributed by atoms with Crippen molar-refractivity contribution in [2.24, 2.45) is 4.99 Å². The summed E-state index contributed by atoms with van der Waals surface area (Å²) in [5.74, 6) is 1.84. The van der Waals surface area contributed by atoms with E-state index in [0.29, 0.717) is 6.04 Å². The van der Waals surface area contributed by atoms with Crippen molar-refractivity contribution in [2.45, 2.75) is 44.2 Å². The van der Waals surface area contributed by atoms with Crippen LogP contribution in [0.25, 0.3) is 0 Å². The number of benzene rings is 1. The molecule has 2 aliphatic rings. The zero-order valence-electron chi connectivity index (χ0n) is 17.5. The molecule has 1 saturated heterocycles. The lowest BCUT2D eigenvalue weighted by molar-refractivity contribution is 0.249. The summed E-state index contributed by atoms with van der Waals surface area (Å²) in [4.78, 5) is 9.29. The molecule has 0 bridgehead atoms. The average Bonchev–Trinajstić information content (AvgIpc) is 3.39. The molecule has 158 valence electrons. The number of nitrogens with one attached hydrogen (secondary N) is 2. The molecule has 1 aromatic carbocycles. The number of nitrogens with zero attached hydrogens (tertiary/aromatic N) is 3. The minimum Gasteiger partial charge on any atom is -0.495 e. The summed E-state index contributed by atoms with van der Waals surface area (Å²) in [5, 5.41) is 7.07. The van der Waals surface area contributed by atoms with Crippen molar-refractivity contribution in [1.29, 1.82) is 0 Å². The number of methoxy groups -OCH3 is 1. The van der Waals surface area contributed by atoms with Gasteiger partial charge in [-0.05, 0) is 38.4 Å². The third-order valence-corrected chi connectivity index (χ3v) is 5.88. The number of halogens is 1. The maximum Gasteiger partial charge on any atom is 0.191 e. The van der Waals surface area contributed by atoms with E-state index in [2.05, 4.69) is 44.6 Å². The maximum atomic E-state index is 5.51. The number of likely N-dealkylation sites (N-methyl/N-ethyl adjacent to an activating group) is 1. The zero-order chi connectivity index (χ0) is 19.1. The van der Waals surface area contributed by atoms with Gasteiger partial charge in [0.15, 0.2) is 5.96 Å². The van der Waals surface area contributed by atoms with Crippen LogP contribution < -0.4 is 20.3 Å². The number of anilines is 1. The molecule has 0 aromatic heterocycles. The number of para-hydroxylation sites is 2. The van der Waals surface area contributed by atoms with Crippen molar-refractivity contribution in [3.8, 4) is 5.75 Å². The van der Waals surface area contributed by atoms with Crippen molar-refractivity contribution in [3.05, 3.63) is 24.3 Å². The fraction of sp³-hybridized carbons (Fsp3) is 0.667. The van der Waals surface area contributed by atoms with Crippen LogP contribution in [-0.2, 0) is 0 Å². The van der Waals surface area contributed by atoms with Gasteiger partial charge in [0.2, 0.25) is 0 Å². The standard InChI is InChI=1S/C21H35N5O.HI/c1-22-21(23-13-15-25(2)18-8-4-5-9-18)24-17-12-14-26(16-17)19-10-6-7-11-20(19)27-3;/h6-7,10-11,17-18H,4-5,8-9,12-16H2,1-3H3,(H2,22,23,24);1H. The quantitative estimate of drug-likeness (QED) is 0.342. The normalized spacial score (nSPS) is 20.4. The van der Waals surface area contributed by atoms with Crippen molar-refractivity contribution < 1.29 is 4.74 Å². The van der Waals surface area contributed by atoms with E-state index in [0.717, 1.165) is 50.4 Å². The molecule has 1 atom stereocenters. The lowest BCUT2D eigenvalue weighted by atomic mass is 10.2. The Hall–Kier alpha value is -1.22. The largest absolute Gasteiger partial charge is 0.495 e. The molecule has 1 unspecified atom stereocenters. The molecule has 6 nitrogen and oxygen atoms in total. The van der Waals surface area contributed by atoms with Gasteiger partial charge in [-0.15, -0.1) is 24.0 Å². The molecule has 2 N–H and O–H groups in total. The van der Waals surface area contributed by atoms with Crippen molar-refractivity contribution in [1.82, 2.24) is 15.5 Å². The number of hydrogen-bond acceptors (Lipinski definition) is 4. The summed E-state index contributed by atoms with van der Waals surface area (Å²) in [6.45, 7) is 3.97. The van der Waals surface area contributed by atoms with Gasteiger partial charge in [0.1, 0.15) is 5.75 Å². The number of guanidine groups is 1. The van der Waals surface area contributed by atoms with E-state index in [1.165, 1.54) is 31.4 Å². The highest BCUT2D eigenvalue weighted by atomic mass is 127. The topological polar surface area (TPSA) is 52.1 Å². The first-order chi connectivity index (χ1) is 13.2. The van der Waals surface area contributed by atoms with Gasteiger partial charge in [-0.3, -0.25) is 4.99 Å². The van der Waals surface area contributed by atoms with E-state index >= 15 is 0 Å². The predicted molar refractivity (Wildman–Crippen MR) is 128 cm³/mol. The van der Waals surface area contributed by atoms with Gasteiger partial charge >= 0.3 is 0 Å². The number of rotatable bonds is 7. The molecule has 28 heavy (non-hydrogen) atoms. The van der Waals surface area contributed by atoms with Gasteiger partial charge in [-0.2, -0.15) is 0 Å². The highest BCUT2D eigenvalue weighted by Crippen LogP contribution is 2.30. The summed E-state index contributed by atoms with van der Waals surface area (Å²) < 4.78 is 5.51. The van der Waals surface area contributed by atoms with Gasteiger partial charge in [-0.1, -0.05) is 25.0 Å². The van der Waals surface area contributed by atoms with Crippen LogP contribution in [0.4, 0.5) is 5.69 Å². The molecular formula is C21H36IN5O. The van der Waals surface area contributed by atoms with E-state index in [1.54, 1.807) is 7.11 Å². The summed E-state index contributed by atoms with van der Waals surface area (Å²) in [6, 6.07) is 9.41. The Labute approximate surface area is 187 Å². The number of ether oxygens (including phenoxy) is 1. The molecule has 2 fully saturated rings. The Bertz CT molecular complexity index is 621. The van der Waals surface area contributed by atoms with Crippen LogP contribution in [0.5, 0.6) is 5.75 Å². The van der Waals surface area contributed by atoms with Crippen molar-refractivity contribution in [3.63, 3.8) is 0 Å². The molecule has 0 spiro atoms. The fourth-order valence-corrected chi connectivity index (χ4v) is 4.25. The second kappa shape index (κ2) is 11.7.